The van der Waals surface area contributed by atoms with E-state index in [1.54, 1.807) is 19.2 Å². The van der Waals surface area contributed by atoms with Gasteiger partial charge in [-0.2, -0.15) is 0 Å². The molecule has 0 bridgehead atoms. The van der Waals surface area contributed by atoms with Gasteiger partial charge in [0, 0.05) is 23.9 Å². The summed E-state index contributed by atoms with van der Waals surface area (Å²) in [6.45, 7) is 0. The van der Waals surface area contributed by atoms with Gasteiger partial charge in [-0.1, -0.05) is 61.7 Å². The van der Waals surface area contributed by atoms with Crippen LogP contribution in [-0.4, -0.2) is 51.6 Å². The summed E-state index contributed by atoms with van der Waals surface area (Å²) >= 11 is 0. The Hall–Kier alpha value is -3.91. The van der Waals surface area contributed by atoms with E-state index in [9.17, 15) is 24.6 Å². The number of carboxylic acids is 1. The molecule has 6 rings (SSSR count). The highest BCUT2D eigenvalue weighted by molar-refractivity contribution is 6.10. The molecule has 1 aliphatic carbocycles. The first-order valence-corrected chi connectivity index (χ1v) is 13.6. The maximum absolute atomic E-state index is 14.2. The lowest BCUT2D eigenvalue weighted by Gasteiger charge is -2.35. The third-order valence-corrected chi connectivity index (χ3v) is 8.90. The van der Waals surface area contributed by atoms with Crippen LogP contribution < -0.4 is 10.1 Å². The molecular formula is C31H32N2O6. The monoisotopic (exact) mass is 528 g/mol. The van der Waals surface area contributed by atoms with Crippen molar-refractivity contribution in [3.8, 4) is 11.5 Å². The summed E-state index contributed by atoms with van der Waals surface area (Å²) in [6, 6.07) is 16.8. The molecule has 3 aromatic rings. The molecule has 2 amide bonds. The highest BCUT2D eigenvalue weighted by atomic mass is 16.5. The van der Waals surface area contributed by atoms with Crippen LogP contribution in [-0.2, 0) is 20.8 Å². The number of amides is 2. The molecule has 3 aliphatic rings. The molecule has 0 spiro atoms. The molecule has 3 aromatic carbocycles. The molecule has 39 heavy (non-hydrogen) atoms. The normalized spacial score (nSPS) is 27.2. The number of nitrogens with zero attached hydrogens (tertiary/aromatic N) is 1. The molecular weight excluding hydrogens is 496 g/mol. The number of carbonyl (C=O) groups is 3. The van der Waals surface area contributed by atoms with Gasteiger partial charge in [0.15, 0.2) is 0 Å². The fourth-order valence-corrected chi connectivity index (χ4v) is 7.11. The van der Waals surface area contributed by atoms with Crippen molar-refractivity contribution in [3.63, 3.8) is 0 Å². The Morgan fingerprint density at radius 2 is 1.67 bits per heavy atom. The highest BCUT2D eigenvalue weighted by Crippen LogP contribution is 2.52. The summed E-state index contributed by atoms with van der Waals surface area (Å²) in [6.07, 6.45) is 4.45. The van der Waals surface area contributed by atoms with Gasteiger partial charge in [0.1, 0.15) is 17.0 Å². The number of methoxy groups -OCH3 is 1. The van der Waals surface area contributed by atoms with E-state index >= 15 is 0 Å². The standard InChI is InChI=1S/C31H32N2O6/c1-39-24-16-15-23(21-9-5-6-10-22(21)24)27-25-26(29(36)33(28(25)35)19-7-3-2-4-8-19)31(32-27,30(37)38)17-18-11-13-20(34)14-12-18/h5-6,9-16,19,25-27,32,34H,2-4,7-8,17H2,1H3,(H,37,38). The first kappa shape index (κ1) is 25.4. The predicted molar refractivity (Wildman–Crippen MR) is 144 cm³/mol. The van der Waals surface area contributed by atoms with E-state index in [4.69, 9.17) is 4.74 Å². The predicted octanol–water partition coefficient (Wildman–Crippen LogP) is 4.20. The number of imide groups is 1. The Morgan fingerprint density at radius 3 is 2.33 bits per heavy atom. The summed E-state index contributed by atoms with van der Waals surface area (Å²) in [5, 5.41) is 25.6. The second-order valence-corrected chi connectivity index (χ2v) is 11.0. The number of carboxylic acid groups (broad SMARTS) is 1. The van der Waals surface area contributed by atoms with Gasteiger partial charge in [0.2, 0.25) is 11.8 Å². The van der Waals surface area contributed by atoms with Crippen LogP contribution in [0.25, 0.3) is 10.8 Å². The van der Waals surface area contributed by atoms with Crippen molar-refractivity contribution in [1.82, 2.24) is 10.2 Å². The van der Waals surface area contributed by atoms with Gasteiger partial charge in [0.25, 0.3) is 0 Å². The highest BCUT2D eigenvalue weighted by Gasteiger charge is 2.69. The summed E-state index contributed by atoms with van der Waals surface area (Å²) in [7, 11) is 1.60. The maximum Gasteiger partial charge on any atom is 0.325 e. The van der Waals surface area contributed by atoms with Gasteiger partial charge < -0.3 is 14.9 Å². The fraction of sp³-hybridized carbons (Fsp3) is 0.387. The van der Waals surface area contributed by atoms with Crippen molar-refractivity contribution in [2.24, 2.45) is 11.8 Å². The van der Waals surface area contributed by atoms with Crippen LogP contribution in [0.2, 0.25) is 0 Å². The molecule has 0 radical (unpaired) electrons. The van der Waals surface area contributed by atoms with E-state index in [-0.39, 0.29) is 24.1 Å². The summed E-state index contributed by atoms with van der Waals surface area (Å²) in [5.41, 5.74) is -0.288. The SMILES string of the molecule is COc1ccc(C2NC(Cc3ccc(O)cc3)(C(=O)O)C3C(=O)N(C4CCCCC4)C(=O)C23)c2ccccc12. The van der Waals surface area contributed by atoms with Crippen LogP contribution in [0.5, 0.6) is 11.5 Å². The molecule has 2 saturated heterocycles. The first-order valence-electron chi connectivity index (χ1n) is 13.6. The Kier molecular flexibility index (Phi) is 6.30. The first-order chi connectivity index (χ1) is 18.9. The lowest BCUT2D eigenvalue weighted by molar-refractivity contribution is -0.152. The lowest BCUT2D eigenvalue weighted by Crippen LogP contribution is -2.58. The zero-order valence-electron chi connectivity index (χ0n) is 21.8. The second-order valence-electron chi connectivity index (χ2n) is 11.0. The molecule has 2 aliphatic heterocycles. The van der Waals surface area contributed by atoms with E-state index in [2.05, 4.69) is 5.32 Å². The number of aliphatic carboxylic acids is 1. The number of ether oxygens (including phenoxy) is 1. The maximum atomic E-state index is 14.2. The lowest BCUT2D eigenvalue weighted by atomic mass is 9.76. The smallest absolute Gasteiger partial charge is 0.325 e. The number of rotatable bonds is 6. The van der Waals surface area contributed by atoms with E-state index in [1.165, 1.54) is 17.0 Å². The minimum Gasteiger partial charge on any atom is -0.508 e. The minimum atomic E-state index is -1.70. The van der Waals surface area contributed by atoms with Crippen molar-refractivity contribution in [1.29, 1.82) is 0 Å². The molecule has 3 fully saturated rings. The summed E-state index contributed by atoms with van der Waals surface area (Å²) in [5.74, 6) is -3.03. The zero-order chi connectivity index (χ0) is 27.3. The number of fused-ring (bicyclic) bond motifs is 2. The van der Waals surface area contributed by atoms with Gasteiger partial charge in [-0.3, -0.25) is 24.6 Å². The number of phenolic OH excluding ortho intramolecular Hbond substituents is 1. The number of phenols is 1. The number of hydrogen-bond donors (Lipinski definition) is 3. The number of likely N-dealkylation sites (tertiary alicyclic amines) is 1. The molecule has 4 unspecified atom stereocenters. The molecule has 8 heteroatoms. The van der Waals surface area contributed by atoms with Crippen LogP contribution in [0.3, 0.4) is 0 Å². The molecule has 202 valence electrons. The third kappa shape index (κ3) is 3.97. The van der Waals surface area contributed by atoms with Crippen molar-refractivity contribution in [2.45, 2.75) is 56.1 Å². The third-order valence-electron chi connectivity index (χ3n) is 8.90. The van der Waals surface area contributed by atoms with Crippen molar-refractivity contribution < 1.29 is 29.3 Å². The van der Waals surface area contributed by atoms with E-state index in [0.717, 1.165) is 48.4 Å². The largest absolute Gasteiger partial charge is 0.508 e. The summed E-state index contributed by atoms with van der Waals surface area (Å²) < 4.78 is 5.57. The van der Waals surface area contributed by atoms with Crippen LogP contribution in [0, 0.1) is 11.8 Å². The topological polar surface area (TPSA) is 116 Å². The van der Waals surface area contributed by atoms with E-state index in [0.29, 0.717) is 11.3 Å². The quantitative estimate of drug-likeness (QED) is 0.411. The summed E-state index contributed by atoms with van der Waals surface area (Å²) in [4.78, 5) is 42.9. The Labute approximate surface area is 226 Å². The number of aromatic hydroxyl groups is 1. The number of nitrogens with one attached hydrogen (secondary N) is 1. The number of carbonyl (C=O) groups excluding carboxylic acids is 2. The molecule has 8 nitrogen and oxygen atoms in total. The Morgan fingerprint density at radius 1 is 0.974 bits per heavy atom. The van der Waals surface area contributed by atoms with Crippen molar-refractivity contribution in [3.05, 3.63) is 71.8 Å². The zero-order valence-corrected chi connectivity index (χ0v) is 21.8. The van der Waals surface area contributed by atoms with Crippen molar-refractivity contribution in [2.75, 3.05) is 7.11 Å². The van der Waals surface area contributed by atoms with Gasteiger partial charge in [-0.05, 0) is 47.6 Å². The van der Waals surface area contributed by atoms with Crippen LogP contribution in [0.15, 0.2) is 60.7 Å². The van der Waals surface area contributed by atoms with Gasteiger partial charge >= 0.3 is 5.97 Å². The number of hydrogen-bond acceptors (Lipinski definition) is 6. The van der Waals surface area contributed by atoms with Gasteiger partial charge in [-0.15, -0.1) is 0 Å². The molecule has 2 heterocycles. The Balaban J connectivity index is 1.51. The minimum absolute atomic E-state index is 0.00804. The molecule has 1 saturated carbocycles. The van der Waals surface area contributed by atoms with Crippen LogP contribution in [0.1, 0.15) is 49.3 Å². The van der Waals surface area contributed by atoms with Crippen LogP contribution >= 0.6 is 0 Å². The Bertz CT molecular complexity index is 1450. The van der Waals surface area contributed by atoms with E-state index in [1.807, 2.05) is 36.4 Å². The van der Waals surface area contributed by atoms with Gasteiger partial charge in [0.05, 0.1) is 18.9 Å². The average molecular weight is 529 g/mol. The van der Waals surface area contributed by atoms with Crippen molar-refractivity contribution >= 4 is 28.6 Å². The van der Waals surface area contributed by atoms with E-state index < -0.39 is 35.3 Å². The average Bonchev–Trinajstić information content (AvgIpc) is 3.43. The van der Waals surface area contributed by atoms with Crippen LogP contribution in [0.4, 0.5) is 0 Å². The number of benzene rings is 3. The van der Waals surface area contributed by atoms with Gasteiger partial charge in [-0.25, -0.2) is 0 Å². The second kappa shape index (κ2) is 9.68. The molecule has 3 N–H and O–H groups in total. The molecule has 4 atom stereocenters. The molecule has 0 aromatic heterocycles. The fourth-order valence-electron chi connectivity index (χ4n) is 7.11.